The Kier molecular flexibility index (Phi) is 1.03. The molecule has 0 aliphatic rings. The number of nitrogens with two attached hydrogens (primary N) is 1. The number of hydrogen-bond acceptors (Lipinski definition) is 5. The van der Waals surface area contributed by atoms with Crippen molar-refractivity contribution in [1.29, 1.82) is 0 Å². The Balaban J connectivity index is 2.92. The summed E-state index contributed by atoms with van der Waals surface area (Å²) in [6.07, 6.45) is 0. The standard InChI is InChI=1S/C3H6N4O/c1-5-3-2(4)6-8-7-3/h1H3,(H2,4,6)(H,5,7). The van der Waals surface area contributed by atoms with Crippen LogP contribution in [0.3, 0.4) is 0 Å². The molecule has 0 saturated carbocycles. The lowest BCUT2D eigenvalue weighted by atomic mass is 10.7. The average molecular weight is 114 g/mol. The zero-order valence-corrected chi connectivity index (χ0v) is 4.38. The van der Waals surface area contributed by atoms with Gasteiger partial charge in [-0.15, -0.1) is 0 Å². The number of nitrogens with zero attached hydrogens (tertiary/aromatic N) is 2. The van der Waals surface area contributed by atoms with Crippen LogP contribution in [-0.4, -0.2) is 17.4 Å². The van der Waals surface area contributed by atoms with Crippen molar-refractivity contribution in [2.24, 2.45) is 0 Å². The molecule has 8 heavy (non-hydrogen) atoms. The normalized spacial score (nSPS) is 9.12. The van der Waals surface area contributed by atoms with Crippen molar-refractivity contribution >= 4 is 11.6 Å². The van der Waals surface area contributed by atoms with E-state index in [9.17, 15) is 0 Å². The summed E-state index contributed by atoms with van der Waals surface area (Å²) in [5.41, 5.74) is 5.22. The van der Waals surface area contributed by atoms with Gasteiger partial charge in [-0.25, -0.2) is 4.63 Å². The third-order valence-corrected chi connectivity index (χ3v) is 0.751. The predicted octanol–water partition coefficient (Wildman–Crippen LogP) is -0.307. The van der Waals surface area contributed by atoms with Crippen LogP contribution >= 0.6 is 0 Å². The summed E-state index contributed by atoms with van der Waals surface area (Å²) in [6.45, 7) is 0. The van der Waals surface area contributed by atoms with Crippen LogP contribution in [0, 0.1) is 0 Å². The first-order valence-electron chi connectivity index (χ1n) is 2.10. The molecule has 0 atom stereocenters. The molecule has 0 amide bonds. The molecule has 0 aliphatic carbocycles. The molecule has 1 rings (SSSR count). The van der Waals surface area contributed by atoms with Crippen LogP contribution in [0.15, 0.2) is 4.63 Å². The second-order valence-corrected chi connectivity index (χ2v) is 1.25. The Morgan fingerprint density at radius 1 is 1.62 bits per heavy atom. The Hall–Kier alpha value is -1.26. The van der Waals surface area contributed by atoms with E-state index in [1.807, 2.05) is 0 Å². The van der Waals surface area contributed by atoms with Crippen molar-refractivity contribution in [2.45, 2.75) is 0 Å². The first kappa shape index (κ1) is 4.89. The van der Waals surface area contributed by atoms with E-state index in [0.29, 0.717) is 5.82 Å². The van der Waals surface area contributed by atoms with Crippen molar-refractivity contribution in [1.82, 2.24) is 10.3 Å². The molecule has 5 heteroatoms. The Labute approximate surface area is 45.8 Å². The van der Waals surface area contributed by atoms with Gasteiger partial charge in [0.1, 0.15) is 0 Å². The van der Waals surface area contributed by atoms with Crippen LogP contribution in [-0.2, 0) is 0 Å². The zero-order valence-electron chi connectivity index (χ0n) is 4.38. The molecule has 0 fully saturated rings. The highest BCUT2D eigenvalue weighted by atomic mass is 16.6. The molecule has 0 bridgehead atoms. The minimum absolute atomic E-state index is 0.285. The van der Waals surface area contributed by atoms with Crippen molar-refractivity contribution in [2.75, 3.05) is 18.1 Å². The van der Waals surface area contributed by atoms with Crippen molar-refractivity contribution < 1.29 is 4.63 Å². The van der Waals surface area contributed by atoms with Gasteiger partial charge in [-0.3, -0.25) is 0 Å². The zero-order chi connectivity index (χ0) is 5.98. The van der Waals surface area contributed by atoms with E-state index in [2.05, 4.69) is 20.3 Å². The van der Waals surface area contributed by atoms with E-state index >= 15 is 0 Å². The second kappa shape index (κ2) is 1.69. The van der Waals surface area contributed by atoms with E-state index < -0.39 is 0 Å². The molecule has 1 aromatic rings. The molecule has 0 saturated heterocycles. The minimum Gasteiger partial charge on any atom is -0.378 e. The van der Waals surface area contributed by atoms with Gasteiger partial charge in [-0.2, -0.15) is 0 Å². The third kappa shape index (κ3) is 0.575. The quantitative estimate of drug-likeness (QED) is 0.523. The highest BCUT2D eigenvalue weighted by molar-refractivity contribution is 5.52. The maximum Gasteiger partial charge on any atom is 0.214 e. The largest absolute Gasteiger partial charge is 0.378 e. The van der Waals surface area contributed by atoms with Crippen LogP contribution < -0.4 is 11.1 Å². The van der Waals surface area contributed by atoms with Gasteiger partial charge >= 0.3 is 0 Å². The summed E-state index contributed by atoms with van der Waals surface area (Å²) < 4.78 is 4.25. The Bertz CT molecular complexity index is 172. The van der Waals surface area contributed by atoms with Gasteiger partial charge in [0.05, 0.1) is 0 Å². The molecule has 3 N–H and O–H groups in total. The monoisotopic (exact) mass is 114 g/mol. The fourth-order valence-corrected chi connectivity index (χ4v) is 0.369. The van der Waals surface area contributed by atoms with Gasteiger partial charge in [-0.05, 0) is 10.3 Å². The lowest BCUT2D eigenvalue weighted by Gasteiger charge is -1.86. The maximum absolute atomic E-state index is 5.22. The highest BCUT2D eigenvalue weighted by Crippen LogP contribution is 2.07. The highest BCUT2D eigenvalue weighted by Gasteiger charge is 1.99. The van der Waals surface area contributed by atoms with Gasteiger partial charge in [0.15, 0.2) is 0 Å². The lowest BCUT2D eigenvalue weighted by molar-refractivity contribution is 0.310. The summed E-state index contributed by atoms with van der Waals surface area (Å²) in [7, 11) is 1.69. The molecule has 5 nitrogen and oxygen atoms in total. The minimum atomic E-state index is 0.285. The Morgan fingerprint density at radius 2 is 2.38 bits per heavy atom. The van der Waals surface area contributed by atoms with Crippen molar-refractivity contribution in [3.8, 4) is 0 Å². The van der Waals surface area contributed by atoms with Gasteiger partial charge in [0, 0.05) is 7.05 Å². The predicted molar refractivity (Wildman–Crippen MR) is 28.3 cm³/mol. The number of nitrogen functional groups attached to an aromatic ring is 1. The van der Waals surface area contributed by atoms with Crippen LogP contribution in [0.4, 0.5) is 11.6 Å². The molecule has 0 unspecified atom stereocenters. The molecule has 44 valence electrons. The SMILES string of the molecule is CNc1nonc1N. The Morgan fingerprint density at radius 3 is 2.62 bits per heavy atom. The number of rotatable bonds is 1. The maximum atomic E-state index is 5.22. The average Bonchev–Trinajstić information content (AvgIpc) is 2.14. The summed E-state index contributed by atoms with van der Waals surface area (Å²) in [5.74, 6) is 0.762. The van der Waals surface area contributed by atoms with E-state index in [1.54, 1.807) is 7.05 Å². The molecule has 0 aromatic carbocycles. The van der Waals surface area contributed by atoms with Gasteiger partial charge in [0.2, 0.25) is 11.6 Å². The number of hydrogen-bond donors (Lipinski definition) is 2. The van der Waals surface area contributed by atoms with Gasteiger partial charge in [-0.1, -0.05) is 0 Å². The molecular formula is C3H6N4O. The number of anilines is 2. The van der Waals surface area contributed by atoms with Gasteiger partial charge < -0.3 is 11.1 Å². The topological polar surface area (TPSA) is 77.0 Å². The van der Waals surface area contributed by atoms with E-state index in [-0.39, 0.29) is 5.82 Å². The molecular weight excluding hydrogens is 108 g/mol. The molecule has 1 aromatic heterocycles. The fourth-order valence-electron chi connectivity index (χ4n) is 0.369. The van der Waals surface area contributed by atoms with Crippen molar-refractivity contribution in [3.05, 3.63) is 0 Å². The van der Waals surface area contributed by atoms with E-state index in [0.717, 1.165) is 0 Å². The van der Waals surface area contributed by atoms with Crippen LogP contribution in [0.2, 0.25) is 0 Å². The van der Waals surface area contributed by atoms with E-state index in [1.165, 1.54) is 0 Å². The summed E-state index contributed by atoms with van der Waals surface area (Å²) in [4.78, 5) is 0. The third-order valence-electron chi connectivity index (χ3n) is 0.751. The van der Waals surface area contributed by atoms with Gasteiger partial charge in [0.25, 0.3) is 0 Å². The first-order chi connectivity index (χ1) is 3.84. The summed E-state index contributed by atoms with van der Waals surface area (Å²) in [6, 6.07) is 0. The van der Waals surface area contributed by atoms with Crippen LogP contribution in [0.5, 0.6) is 0 Å². The molecule has 0 spiro atoms. The lowest BCUT2D eigenvalue weighted by Crippen LogP contribution is -1.93. The van der Waals surface area contributed by atoms with Crippen LogP contribution in [0.1, 0.15) is 0 Å². The molecule has 0 aliphatic heterocycles. The second-order valence-electron chi connectivity index (χ2n) is 1.25. The summed E-state index contributed by atoms with van der Waals surface area (Å²) in [5, 5.41) is 9.41. The summed E-state index contributed by atoms with van der Waals surface area (Å²) >= 11 is 0. The van der Waals surface area contributed by atoms with E-state index in [4.69, 9.17) is 5.73 Å². The first-order valence-corrected chi connectivity index (χ1v) is 2.10. The smallest absolute Gasteiger partial charge is 0.214 e. The van der Waals surface area contributed by atoms with Crippen LogP contribution in [0.25, 0.3) is 0 Å². The molecule has 1 heterocycles. The van der Waals surface area contributed by atoms with Crippen molar-refractivity contribution in [3.63, 3.8) is 0 Å². The fraction of sp³-hybridized carbons (Fsp3) is 0.333. The number of aromatic nitrogens is 2. The molecule has 0 radical (unpaired) electrons. The number of nitrogens with one attached hydrogen (secondary N) is 1.